The highest BCUT2D eigenvalue weighted by Crippen LogP contribution is 2.39. The van der Waals surface area contributed by atoms with Gasteiger partial charge in [0.25, 0.3) is 0 Å². The third kappa shape index (κ3) is 1.88. The average Bonchev–Trinajstić information content (AvgIpc) is 2.60. The van der Waals surface area contributed by atoms with Crippen molar-refractivity contribution >= 4 is 0 Å². The molecule has 1 aliphatic rings. The smallest absolute Gasteiger partial charge is 0.144 e. The summed E-state index contributed by atoms with van der Waals surface area (Å²) in [6, 6.07) is 2.33. The molecular weight excluding hydrogens is 191 g/mol. The average molecular weight is 208 g/mol. The quantitative estimate of drug-likeness (QED) is 0.806. The van der Waals surface area contributed by atoms with Gasteiger partial charge in [-0.2, -0.15) is 0 Å². The van der Waals surface area contributed by atoms with Gasteiger partial charge in [0, 0.05) is 12.2 Å². The molecule has 1 heterocycles. The number of hydrogen-bond acceptors (Lipinski definition) is 2. The van der Waals surface area contributed by atoms with Gasteiger partial charge in [-0.1, -0.05) is 6.92 Å². The van der Waals surface area contributed by atoms with E-state index in [0.717, 1.165) is 18.4 Å². The van der Waals surface area contributed by atoms with Gasteiger partial charge < -0.3 is 5.32 Å². The fourth-order valence-corrected chi connectivity index (χ4v) is 2.70. The van der Waals surface area contributed by atoms with Crippen LogP contribution in [0.25, 0.3) is 0 Å². The molecule has 1 aromatic heterocycles. The van der Waals surface area contributed by atoms with E-state index < -0.39 is 0 Å². The second kappa shape index (κ2) is 4.27. The number of pyridine rings is 1. The molecule has 15 heavy (non-hydrogen) atoms. The summed E-state index contributed by atoms with van der Waals surface area (Å²) in [5.74, 6) is 0.670. The Morgan fingerprint density at radius 3 is 2.87 bits per heavy atom. The first kappa shape index (κ1) is 10.6. The van der Waals surface area contributed by atoms with Crippen molar-refractivity contribution < 1.29 is 4.39 Å². The van der Waals surface area contributed by atoms with E-state index in [0.29, 0.717) is 17.9 Å². The van der Waals surface area contributed by atoms with Crippen LogP contribution in [0.3, 0.4) is 0 Å². The first-order valence-electron chi connectivity index (χ1n) is 5.50. The van der Waals surface area contributed by atoms with Crippen molar-refractivity contribution in [3.63, 3.8) is 0 Å². The van der Waals surface area contributed by atoms with Crippen LogP contribution in [-0.2, 0) is 0 Å². The van der Waals surface area contributed by atoms with Crippen molar-refractivity contribution in [3.05, 3.63) is 29.8 Å². The summed E-state index contributed by atoms with van der Waals surface area (Å²) < 4.78 is 13.6. The summed E-state index contributed by atoms with van der Waals surface area (Å²) in [6.07, 6.45) is 5.18. The lowest BCUT2D eigenvalue weighted by Gasteiger charge is -2.20. The summed E-state index contributed by atoms with van der Waals surface area (Å²) >= 11 is 0. The molecular formula is C12H17FN2. The first-order chi connectivity index (χ1) is 7.24. The molecule has 0 bridgehead atoms. The van der Waals surface area contributed by atoms with E-state index in [9.17, 15) is 4.39 Å². The molecule has 3 atom stereocenters. The third-order valence-corrected chi connectivity index (χ3v) is 3.63. The summed E-state index contributed by atoms with van der Waals surface area (Å²) in [6.45, 7) is 2.19. The third-order valence-electron chi connectivity index (χ3n) is 3.63. The maximum Gasteiger partial charge on any atom is 0.144 e. The minimum absolute atomic E-state index is 0.161. The van der Waals surface area contributed by atoms with E-state index in [1.807, 2.05) is 13.1 Å². The molecule has 2 rings (SSSR count). The summed E-state index contributed by atoms with van der Waals surface area (Å²) in [5, 5.41) is 3.29. The molecule has 1 N–H and O–H groups in total. The molecule has 0 aromatic carbocycles. The van der Waals surface area contributed by atoms with Gasteiger partial charge in [-0.15, -0.1) is 0 Å². The lowest BCUT2D eigenvalue weighted by Crippen LogP contribution is -2.28. The molecule has 1 saturated carbocycles. The Kier molecular flexibility index (Phi) is 3.00. The maximum absolute atomic E-state index is 13.6. The summed E-state index contributed by atoms with van der Waals surface area (Å²) in [5.41, 5.74) is 0.829. The molecule has 2 nitrogen and oxygen atoms in total. The zero-order chi connectivity index (χ0) is 10.8. The normalized spacial score (nSPS) is 30.7. The minimum Gasteiger partial charge on any atom is -0.317 e. The number of aromatic nitrogens is 1. The highest BCUT2D eigenvalue weighted by atomic mass is 19.1. The van der Waals surface area contributed by atoms with Crippen LogP contribution in [0.5, 0.6) is 0 Å². The van der Waals surface area contributed by atoms with E-state index in [4.69, 9.17) is 0 Å². The Labute approximate surface area is 89.9 Å². The van der Waals surface area contributed by atoms with Crippen LogP contribution in [0.1, 0.15) is 31.2 Å². The van der Waals surface area contributed by atoms with E-state index in [1.165, 1.54) is 6.20 Å². The number of nitrogens with one attached hydrogen (secondary N) is 1. The largest absolute Gasteiger partial charge is 0.317 e. The van der Waals surface area contributed by atoms with Crippen molar-refractivity contribution in [2.45, 2.75) is 31.7 Å². The lowest BCUT2D eigenvalue weighted by molar-refractivity contribution is 0.420. The van der Waals surface area contributed by atoms with Crippen LogP contribution < -0.4 is 5.32 Å². The second-order valence-corrected chi connectivity index (χ2v) is 4.34. The molecule has 0 saturated heterocycles. The molecule has 0 aliphatic heterocycles. The Morgan fingerprint density at radius 1 is 1.47 bits per heavy atom. The van der Waals surface area contributed by atoms with Gasteiger partial charge in [0.05, 0.1) is 6.20 Å². The van der Waals surface area contributed by atoms with Gasteiger partial charge in [-0.3, -0.25) is 4.98 Å². The monoisotopic (exact) mass is 208 g/mol. The van der Waals surface area contributed by atoms with Crippen molar-refractivity contribution in [2.24, 2.45) is 5.92 Å². The fraction of sp³-hybridized carbons (Fsp3) is 0.583. The van der Waals surface area contributed by atoms with Gasteiger partial charge in [-0.05, 0) is 43.4 Å². The Hall–Kier alpha value is -0.960. The number of rotatable bonds is 2. The highest BCUT2D eigenvalue weighted by Gasteiger charge is 2.33. The number of nitrogens with zero attached hydrogens (tertiary/aromatic N) is 1. The van der Waals surface area contributed by atoms with Crippen molar-refractivity contribution in [1.29, 1.82) is 0 Å². The zero-order valence-electron chi connectivity index (χ0n) is 9.20. The van der Waals surface area contributed by atoms with Gasteiger partial charge in [0.1, 0.15) is 5.82 Å². The molecule has 0 amide bonds. The van der Waals surface area contributed by atoms with E-state index in [-0.39, 0.29) is 5.82 Å². The van der Waals surface area contributed by atoms with Crippen LogP contribution in [0.2, 0.25) is 0 Å². The summed E-state index contributed by atoms with van der Waals surface area (Å²) in [4.78, 5) is 3.79. The first-order valence-corrected chi connectivity index (χ1v) is 5.50. The topological polar surface area (TPSA) is 24.9 Å². The number of hydrogen-bond donors (Lipinski definition) is 1. The Balaban J connectivity index is 2.22. The number of halogens is 1. The van der Waals surface area contributed by atoms with Crippen LogP contribution in [0, 0.1) is 11.7 Å². The minimum atomic E-state index is -0.161. The molecule has 1 aliphatic carbocycles. The standard InChI is InChI=1S/C12H17FN2/c1-8-9(3-4-12(8)14-2)10-5-6-15-7-11(10)13/h5-9,12,14H,3-4H2,1-2H3. The Bertz CT molecular complexity index is 340. The van der Waals surface area contributed by atoms with Crippen LogP contribution in [-0.4, -0.2) is 18.1 Å². The highest BCUT2D eigenvalue weighted by molar-refractivity contribution is 5.21. The van der Waals surface area contributed by atoms with Crippen LogP contribution >= 0.6 is 0 Å². The Morgan fingerprint density at radius 2 is 2.27 bits per heavy atom. The molecule has 82 valence electrons. The molecule has 0 radical (unpaired) electrons. The molecule has 1 aromatic rings. The van der Waals surface area contributed by atoms with Gasteiger partial charge >= 0.3 is 0 Å². The predicted molar refractivity (Wildman–Crippen MR) is 58.2 cm³/mol. The molecule has 1 fully saturated rings. The lowest BCUT2D eigenvalue weighted by atomic mass is 9.89. The van der Waals surface area contributed by atoms with Gasteiger partial charge in [0.2, 0.25) is 0 Å². The maximum atomic E-state index is 13.6. The summed E-state index contributed by atoms with van der Waals surface area (Å²) in [7, 11) is 1.98. The predicted octanol–water partition coefficient (Wildman–Crippen LogP) is 2.32. The van der Waals surface area contributed by atoms with Gasteiger partial charge in [0.15, 0.2) is 0 Å². The van der Waals surface area contributed by atoms with E-state index in [1.54, 1.807) is 6.20 Å². The van der Waals surface area contributed by atoms with Crippen molar-refractivity contribution in [1.82, 2.24) is 10.3 Å². The van der Waals surface area contributed by atoms with E-state index in [2.05, 4.69) is 17.2 Å². The van der Waals surface area contributed by atoms with Crippen LogP contribution in [0.15, 0.2) is 18.5 Å². The second-order valence-electron chi connectivity index (χ2n) is 4.34. The van der Waals surface area contributed by atoms with Gasteiger partial charge in [-0.25, -0.2) is 4.39 Å². The van der Waals surface area contributed by atoms with Crippen molar-refractivity contribution in [3.8, 4) is 0 Å². The molecule has 3 unspecified atom stereocenters. The molecule has 0 spiro atoms. The molecule has 3 heteroatoms. The van der Waals surface area contributed by atoms with E-state index >= 15 is 0 Å². The van der Waals surface area contributed by atoms with Crippen LogP contribution in [0.4, 0.5) is 4.39 Å². The van der Waals surface area contributed by atoms with Crippen molar-refractivity contribution in [2.75, 3.05) is 7.05 Å². The SMILES string of the molecule is CNC1CCC(c2ccncc2F)C1C. The zero-order valence-corrected chi connectivity index (χ0v) is 9.20. The fourth-order valence-electron chi connectivity index (χ4n) is 2.70.